The first-order chi connectivity index (χ1) is 45.5. The lowest BCUT2D eigenvalue weighted by atomic mass is 9.57. The molecule has 0 bridgehead atoms. The van der Waals surface area contributed by atoms with Gasteiger partial charge in [-0.3, -0.25) is 0 Å². The molecule has 6 aliphatic rings. The van der Waals surface area contributed by atoms with Crippen LogP contribution in [0.15, 0.2) is 110 Å². The van der Waals surface area contributed by atoms with Gasteiger partial charge in [0.25, 0.3) is 0 Å². The van der Waals surface area contributed by atoms with Gasteiger partial charge in [0, 0.05) is 33.2 Å². The Morgan fingerprint density at radius 3 is 0.875 bits per heavy atom. The number of aryl methyl sites for hydroxylation is 3. The van der Waals surface area contributed by atoms with Crippen molar-refractivity contribution in [1.82, 2.24) is 44.3 Å². The van der Waals surface area contributed by atoms with Gasteiger partial charge in [-0.15, -0.1) is 0 Å². The van der Waals surface area contributed by atoms with Crippen LogP contribution in [0.4, 0.5) is 52.7 Å². The van der Waals surface area contributed by atoms with Crippen molar-refractivity contribution in [3.63, 3.8) is 0 Å². The molecule has 15 rings (SSSR count). The number of halogens is 12. The first-order valence-corrected chi connectivity index (χ1v) is 33.3. The van der Waals surface area contributed by atoms with Crippen LogP contribution < -0.4 is 0 Å². The number of hydrogen-bond acceptors (Lipinski definition) is 9. The third-order valence-electron chi connectivity index (χ3n) is 23.1. The summed E-state index contributed by atoms with van der Waals surface area (Å²) in [6.07, 6.45) is -1.53. The van der Waals surface area contributed by atoms with E-state index in [1.54, 1.807) is 69.0 Å². The van der Waals surface area contributed by atoms with E-state index in [4.69, 9.17) is 15.0 Å². The smallest absolute Gasteiger partial charge is 0.380 e. The maximum Gasteiger partial charge on any atom is 0.417 e. The van der Waals surface area contributed by atoms with E-state index < -0.39 is 51.6 Å². The molecule has 3 aromatic carbocycles. The Labute approximate surface area is 546 Å². The third kappa shape index (κ3) is 11.4. The van der Waals surface area contributed by atoms with Crippen molar-refractivity contribution < 1.29 is 68.0 Å². The second-order valence-electron chi connectivity index (χ2n) is 27.8. The molecule has 6 aromatic heterocycles. The van der Waals surface area contributed by atoms with Crippen molar-refractivity contribution in [1.29, 1.82) is 0 Å². The highest BCUT2D eigenvalue weighted by Crippen LogP contribution is 2.60. The molecule has 12 nitrogen and oxygen atoms in total. The summed E-state index contributed by atoms with van der Waals surface area (Å²) in [7, 11) is 0. The molecule has 3 saturated carbocycles. The van der Waals surface area contributed by atoms with Crippen LogP contribution in [0.1, 0.15) is 170 Å². The monoisotopic (exact) mass is 1340 g/mol. The number of alkyl halides is 9. The number of aromatic nitrogens is 9. The predicted molar refractivity (Wildman–Crippen MR) is 336 cm³/mol. The summed E-state index contributed by atoms with van der Waals surface area (Å²) in [5.41, 5.74) is 0.531. The van der Waals surface area contributed by atoms with Crippen molar-refractivity contribution >= 4 is 33.1 Å². The molecule has 3 fully saturated rings. The summed E-state index contributed by atoms with van der Waals surface area (Å²) in [5, 5.41) is 47.0. The number of rotatable bonds is 6. The maximum absolute atomic E-state index is 13.6. The number of benzene rings is 3. The Morgan fingerprint density at radius 2 is 0.646 bits per heavy atom. The molecule has 96 heavy (non-hydrogen) atoms. The van der Waals surface area contributed by atoms with Crippen LogP contribution in [-0.4, -0.2) is 94.9 Å². The molecule has 0 spiro atoms. The Hall–Kier alpha value is -7.44. The standard InChI is InChI=1S/3C24H25F4N3O/c3*1-2-22-10-11-23(32,24(26,27)28)13-16(22)4-3-5-20-19(22)12-15-14-29-31(21(15)30-20)18-8-6-17(25)7-9-18/h3*6-9,12,14,16,32H,2-5,10-11,13H2,1H3/t3*16-,22-,23-/m110/s1. The predicted octanol–water partition coefficient (Wildman–Crippen LogP) is 16.9. The summed E-state index contributed by atoms with van der Waals surface area (Å²) in [6.45, 7) is 6.06. The average Bonchev–Trinajstić information content (AvgIpc) is 1.27. The first kappa shape index (κ1) is 67.1. The Balaban J connectivity index is 0.000000130. The van der Waals surface area contributed by atoms with Crippen LogP contribution in [0.5, 0.6) is 0 Å². The molecule has 0 amide bonds. The normalized spacial score (nSPS) is 28.2. The maximum atomic E-state index is 13.6. The molecular formula is C72H75F12N9O3. The molecule has 3 N–H and O–H groups in total. The fraction of sp³-hybridized carbons (Fsp3) is 0.500. The van der Waals surface area contributed by atoms with Gasteiger partial charge >= 0.3 is 18.5 Å². The highest BCUT2D eigenvalue weighted by atomic mass is 19.4. The highest BCUT2D eigenvalue weighted by molar-refractivity contribution is 5.80. The number of aliphatic hydroxyl groups is 3. The van der Waals surface area contributed by atoms with E-state index in [-0.39, 0.29) is 93.0 Å². The quantitative estimate of drug-likeness (QED) is 0.138. The largest absolute Gasteiger partial charge is 0.417 e. The third-order valence-corrected chi connectivity index (χ3v) is 23.1. The fourth-order valence-electron chi connectivity index (χ4n) is 17.7. The van der Waals surface area contributed by atoms with Gasteiger partial charge in [0.1, 0.15) is 17.5 Å². The molecule has 9 atom stereocenters. The number of hydrogen-bond donors (Lipinski definition) is 3. The summed E-state index contributed by atoms with van der Waals surface area (Å²) in [6, 6.07) is 24.1. The molecule has 24 heteroatoms. The Kier molecular flexibility index (Phi) is 17.2. The van der Waals surface area contributed by atoms with E-state index in [9.17, 15) is 68.0 Å². The molecule has 6 aliphatic carbocycles. The van der Waals surface area contributed by atoms with Crippen molar-refractivity contribution in [3.8, 4) is 17.1 Å². The van der Waals surface area contributed by atoms with Crippen LogP contribution in [0.3, 0.4) is 0 Å². The minimum absolute atomic E-state index is 0.263. The van der Waals surface area contributed by atoms with E-state index >= 15 is 0 Å². The van der Waals surface area contributed by atoms with Crippen LogP contribution in [0.2, 0.25) is 0 Å². The highest BCUT2D eigenvalue weighted by Gasteiger charge is 2.63. The SMILES string of the molecule is CC[C@@]12CC[C@](O)(C(F)(F)F)C[C@H]1CCCc1nc3c(cnn3-c3ccc(F)cc3)cc12.CC[C@@]12CC[C@](O)(C(F)(F)F)C[C@H]1CCCc1nc3c(cnn3-c3ccc(F)cc3)cc12.CC[C@]12CC[C@@](O)(C(F)(F)F)C[C@@H]1CCCc1nc3c(cnn3-c3ccc(F)cc3)cc12. The minimum Gasteiger partial charge on any atom is -0.380 e. The molecular weight excluding hydrogens is 1270 g/mol. The zero-order valence-corrected chi connectivity index (χ0v) is 53.4. The summed E-state index contributed by atoms with van der Waals surface area (Å²) < 4.78 is 168. The van der Waals surface area contributed by atoms with Gasteiger partial charge < -0.3 is 15.3 Å². The van der Waals surface area contributed by atoms with Crippen molar-refractivity contribution in [2.75, 3.05) is 0 Å². The first-order valence-electron chi connectivity index (χ1n) is 33.3. The molecule has 6 heterocycles. The van der Waals surface area contributed by atoms with Crippen LogP contribution >= 0.6 is 0 Å². The lowest BCUT2D eigenvalue weighted by Crippen LogP contribution is -2.54. The summed E-state index contributed by atoms with van der Waals surface area (Å²) in [5.74, 6) is -1.79. The van der Waals surface area contributed by atoms with Gasteiger partial charge in [-0.2, -0.15) is 54.8 Å². The van der Waals surface area contributed by atoms with Crippen LogP contribution in [-0.2, 0) is 35.5 Å². The fourth-order valence-corrected chi connectivity index (χ4v) is 17.7. The number of fused-ring (bicyclic) bond motifs is 12. The van der Waals surface area contributed by atoms with E-state index in [2.05, 4.69) is 15.3 Å². The second kappa shape index (κ2) is 24.5. The van der Waals surface area contributed by atoms with E-state index in [0.717, 1.165) is 69.2 Å². The summed E-state index contributed by atoms with van der Waals surface area (Å²) >= 11 is 0. The molecule has 0 saturated heterocycles. The molecule has 510 valence electrons. The van der Waals surface area contributed by atoms with Crippen LogP contribution in [0, 0.1) is 35.2 Å². The second-order valence-corrected chi connectivity index (χ2v) is 27.8. The van der Waals surface area contributed by atoms with E-state index in [1.165, 1.54) is 36.4 Å². The topological polar surface area (TPSA) is 153 Å². The Morgan fingerprint density at radius 1 is 0.396 bits per heavy atom. The van der Waals surface area contributed by atoms with Gasteiger partial charge in [-0.25, -0.2) is 42.2 Å². The lowest BCUT2D eigenvalue weighted by molar-refractivity contribution is -0.279. The zero-order chi connectivity index (χ0) is 68.2. The van der Waals surface area contributed by atoms with Crippen LogP contribution in [0.25, 0.3) is 50.2 Å². The molecule has 0 radical (unpaired) electrons. The lowest BCUT2D eigenvalue weighted by Gasteiger charge is -2.50. The van der Waals surface area contributed by atoms with E-state index in [0.29, 0.717) is 91.8 Å². The van der Waals surface area contributed by atoms with E-state index in [1.807, 2.05) is 39.0 Å². The van der Waals surface area contributed by atoms with Gasteiger partial charge in [-0.05, 0) is 277 Å². The van der Waals surface area contributed by atoms with Gasteiger partial charge in [-0.1, -0.05) is 20.8 Å². The number of nitrogens with zero attached hydrogens (tertiary/aromatic N) is 9. The van der Waals surface area contributed by atoms with Crippen molar-refractivity contribution in [2.45, 2.75) is 207 Å². The minimum atomic E-state index is -4.62. The van der Waals surface area contributed by atoms with Gasteiger partial charge in [0.2, 0.25) is 0 Å². The Bertz CT molecular complexity index is 3910. The molecule has 9 aromatic rings. The molecule has 0 aliphatic heterocycles. The number of pyridine rings is 3. The average molecular weight is 1340 g/mol. The van der Waals surface area contributed by atoms with Gasteiger partial charge in [0.05, 0.1) is 35.7 Å². The zero-order valence-electron chi connectivity index (χ0n) is 53.4. The van der Waals surface area contributed by atoms with Crippen molar-refractivity contribution in [3.05, 3.63) is 161 Å². The van der Waals surface area contributed by atoms with Crippen molar-refractivity contribution in [2.24, 2.45) is 17.8 Å². The summed E-state index contributed by atoms with van der Waals surface area (Å²) in [4.78, 5) is 14.8. The molecule has 0 unspecified atom stereocenters. The van der Waals surface area contributed by atoms with Gasteiger partial charge in [0.15, 0.2) is 33.7 Å².